The molecule has 1 saturated heterocycles. The monoisotopic (exact) mass is 454 g/mol. The average Bonchev–Trinajstić information content (AvgIpc) is 3.29. The highest BCUT2D eigenvalue weighted by atomic mass is 32.2. The predicted molar refractivity (Wildman–Crippen MR) is 114 cm³/mol. The number of nitrogens with one attached hydrogen (secondary N) is 1. The summed E-state index contributed by atoms with van der Waals surface area (Å²) in [5.41, 5.74) is -0.133. The molecule has 0 saturated carbocycles. The van der Waals surface area contributed by atoms with Crippen LogP contribution in [0.2, 0.25) is 0 Å². The van der Waals surface area contributed by atoms with Crippen molar-refractivity contribution < 1.29 is 17.5 Å². The van der Waals surface area contributed by atoms with Crippen LogP contribution < -0.4 is 11.0 Å². The smallest absolute Gasteiger partial charge is 0.267 e. The highest BCUT2D eigenvalue weighted by molar-refractivity contribution is 7.91. The highest BCUT2D eigenvalue weighted by Crippen LogP contribution is 2.22. The average molecular weight is 454 g/mol. The molecule has 0 amide bonds. The van der Waals surface area contributed by atoms with E-state index in [1.807, 2.05) is 0 Å². The number of hydrogen-bond donors (Lipinski definition) is 1. The highest BCUT2D eigenvalue weighted by Gasteiger charge is 2.26. The number of fused-ring (bicyclic) bond motifs is 2. The Morgan fingerprint density at radius 1 is 1.19 bits per heavy atom. The molecule has 0 aliphatic carbocycles. The van der Waals surface area contributed by atoms with Crippen molar-refractivity contribution in [1.82, 2.24) is 14.0 Å². The number of benzene rings is 1. The second-order valence-electron chi connectivity index (χ2n) is 7.64. The van der Waals surface area contributed by atoms with Gasteiger partial charge in [0.2, 0.25) is 9.84 Å². The van der Waals surface area contributed by atoms with E-state index in [9.17, 15) is 17.6 Å². The van der Waals surface area contributed by atoms with E-state index in [1.165, 1.54) is 15.0 Å². The third-order valence-electron chi connectivity index (χ3n) is 5.61. The first-order chi connectivity index (χ1) is 15.4. The van der Waals surface area contributed by atoms with Gasteiger partial charge in [-0.1, -0.05) is 6.07 Å². The van der Waals surface area contributed by atoms with E-state index in [2.05, 4.69) is 4.98 Å². The molecule has 1 atom stereocenters. The summed E-state index contributed by atoms with van der Waals surface area (Å²) in [6, 6.07) is 10.7. The number of hydrogen-bond acceptors (Lipinski definition) is 6. The lowest BCUT2D eigenvalue weighted by Gasteiger charge is -2.17. The van der Waals surface area contributed by atoms with Gasteiger partial charge < -0.3 is 9.30 Å². The van der Waals surface area contributed by atoms with Crippen LogP contribution in [0.25, 0.3) is 16.7 Å². The van der Waals surface area contributed by atoms with E-state index in [-0.39, 0.29) is 39.0 Å². The molecule has 1 aromatic carbocycles. The predicted octanol–water partition coefficient (Wildman–Crippen LogP) is 2.28. The van der Waals surface area contributed by atoms with Gasteiger partial charge in [0.15, 0.2) is 0 Å². The van der Waals surface area contributed by atoms with E-state index in [4.69, 9.17) is 10.1 Å². The summed E-state index contributed by atoms with van der Waals surface area (Å²) in [6.45, 7) is 0.778. The van der Waals surface area contributed by atoms with Crippen molar-refractivity contribution in [2.75, 3.05) is 6.61 Å². The Morgan fingerprint density at radius 3 is 2.69 bits per heavy atom. The van der Waals surface area contributed by atoms with Crippen LogP contribution in [0.5, 0.6) is 0 Å². The minimum Gasteiger partial charge on any atom is -0.376 e. The third kappa shape index (κ3) is 3.32. The van der Waals surface area contributed by atoms with Crippen LogP contribution in [-0.4, -0.2) is 35.1 Å². The first-order valence-electron chi connectivity index (χ1n) is 10.1. The molecule has 4 aromatic rings. The van der Waals surface area contributed by atoms with Gasteiger partial charge in [-0.15, -0.1) is 0 Å². The molecule has 0 unspecified atom stereocenters. The summed E-state index contributed by atoms with van der Waals surface area (Å²) in [5, 5.41) is 8.80. The third-order valence-corrected chi connectivity index (χ3v) is 7.39. The Kier molecular flexibility index (Phi) is 4.90. The molecule has 0 bridgehead atoms. The van der Waals surface area contributed by atoms with E-state index in [0.29, 0.717) is 12.3 Å². The molecule has 4 heterocycles. The summed E-state index contributed by atoms with van der Waals surface area (Å²) >= 11 is 0. The van der Waals surface area contributed by atoms with E-state index >= 15 is 0 Å². The van der Waals surface area contributed by atoms with Gasteiger partial charge in [-0.3, -0.25) is 14.6 Å². The van der Waals surface area contributed by atoms with Crippen molar-refractivity contribution in [3.05, 3.63) is 76.4 Å². The molecule has 10 heteroatoms. The summed E-state index contributed by atoms with van der Waals surface area (Å²) in [7, 11) is -4.20. The van der Waals surface area contributed by atoms with Crippen LogP contribution >= 0.6 is 0 Å². The zero-order chi connectivity index (χ0) is 22.5. The van der Waals surface area contributed by atoms with E-state index in [1.54, 1.807) is 24.4 Å². The van der Waals surface area contributed by atoms with Gasteiger partial charge >= 0.3 is 0 Å². The van der Waals surface area contributed by atoms with Gasteiger partial charge in [-0.25, -0.2) is 17.8 Å². The van der Waals surface area contributed by atoms with Gasteiger partial charge in [0.25, 0.3) is 5.56 Å². The number of aromatic nitrogens is 3. The van der Waals surface area contributed by atoms with Gasteiger partial charge in [0.05, 0.1) is 22.9 Å². The van der Waals surface area contributed by atoms with Crippen LogP contribution in [-0.2, 0) is 21.1 Å². The molecule has 1 aliphatic heterocycles. The standard InChI is InChI=1S/C22H19FN4O4S/c23-14-6-8-16(9-7-14)32(29,30)18-12-17-21(25-19-5-1-2-10-26(19)22(17)28)27(20(18)24)13-15-4-3-11-31-15/h1-2,5-10,12,15,24H,3-4,11,13H2/t15-/m0/s1. The van der Waals surface area contributed by atoms with Crippen LogP contribution in [0.4, 0.5) is 4.39 Å². The van der Waals surface area contributed by atoms with Crippen molar-refractivity contribution in [2.45, 2.75) is 35.3 Å². The molecule has 0 radical (unpaired) electrons. The van der Waals surface area contributed by atoms with Crippen molar-refractivity contribution in [1.29, 1.82) is 5.41 Å². The van der Waals surface area contributed by atoms with Gasteiger partial charge in [0.1, 0.15) is 27.5 Å². The molecule has 1 fully saturated rings. The molecule has 164 valence electrons. The maximum atomic E-state index is 13.4. The van der Waals surface area contributed by atoms with Gasteiger partial charge in [-0.05, 0) is 55.3 Å². The molecular weight excluding hydrogens is 435 g/mol. The minimum absolute atomic E-state index is 0.0726. The number of sulfone groups is 1. The quantitative estimate of drug-likeness (QED) is 0.376. The number of pyridine rings is 2. The number of nitrogens with zero attached hydrogens (tertiary/aromatic N) is 3. The second-order valence-corrected chi connectivity index (χ2v) is 9.56. The zero-order valence-electron chi connectivity index (χ0n) is 16.9. The summed E-state index contributed by atoms with van der Waals surface area (Å²) < 4.78 is 48.5. The van der Waals surface area contributed by atoms with Gasteiger partial charge in [-0.2, -0.15) is 0 Å². The fourth-order valence-corrected chi connectivity index (χ4v) is 5.36. The van der Waals surface area contributed by atoms with Crippen molar-refractivity contribution in [3.8, 4) is 0 Å². The minimum atomic E-state index is -4.20. The SMILES string of the molecule is N=c1c(S(=O)(=O)c2ccc(F)cc2)cc2c(=O)n3ccccc3nc2n1C[C@@H]1CCCO1. The summed E-state index contributed by atoms with van der Waals surface area (Å²) in [4.78, 5) is 17.3. The molecular formula is C22H19FN4O4S. The maximum Gasteiger partial charge on any atom is 0.267 e. The van der Waals surface area contributed by atoms with Crippen LogP contribution in [0.1, 0.15) is 12.8 Å². The number of halogens is 1. The van der Waals surface area contributed by atoms with E-state index in [0.717, 1.165) is 37.1 Å². The number of rotatable bonds is 4. The lowest BCUT2D eigenvalue weighted by atomic mass is 10.2. The van der Waals surface area contributed by atoms with Crippen molar-refractivity contribution in [3.63, 3.8) is 0 Å². The van der Waals surface area contributed by atoms with Crippen molar-refractivity contribution in [2.24, 2.45) is 0 Å². The van der Waals surface area contributed by atoms with Gasteiger partial charge in [0, 0.05) is 12.8 Å². The zero-order valence-corrected chi connectivity index (χ0v) is 17.7. The Morgan fingerprint density at radius 2 is 1.97 bits per heavy atom. The molecule has 32 heavy (non-hydrogen) atoms. The normalized spacial score (nSPS) is 16.7. The Labute approximate surface area is 182 Å². The maximum absolute atomic E-state index is 13.4. The lowest BCUT2D eigenvalue weighted by Crippen LogP contribution is -2.33. The lowest BCUT2D eigenvalue weighted by molar-refractivity contribution is 0.0965. The summed E-state index contributed by atoms with van der Waals surface area (Å²) in [6.07, 6.45) is 2.96. The number of ether oxygens (including phenoxy) is 1. The molecule has 3 aromatic heterocycles. The largest absolute Gasteiger partial charge is 0.376 e. The van der Waals surface area contributed by atoms with Crippen LogP contribution in [0.15, 0.2) is 69.3 Å². The molecule has 1 aliphatic rings. The fraction of sp³-hybridized carbons (Fsp3) is 0.227. The van der Waals surface area contributed by atoms with Crippen molar-refractivity contribution >= 4 is 26.5 Å². The second kappa shape index (κ2) is 7.64. The molecule has 1 N–H and O–H groups in total. The fourth-order valence-electron chi connectivity index (χ4n) is 3.98. The van der Waals surface area contributed by atoms with Crippen LogP contribution in [0.3, 0.4) is 0 Å². The molecule has 8 nitrogen and oxygen atoms in total. The molecule has 5 rings (SSSR count). The Balaban J connectivity index is 1.84. The Bertz CT molecular complexity index is 1570. The van der Waals surface area contributed by atoms with Crippen LogP contribution in [0, 0.1) is 11.2 Å². The first kappa shape index (κ1) is 20.5. The van der Waals surface area contributed by atoms with E-state index < -0.39 is 21.2 Å². The summed E-state index contributed by atoms with van der Waals surface area (Å²) in [5.74, 6) is -0.573. The topological polar surface area (TPSA) is 107 Å². The Hall–Kier alpha value is -3.37. The first-order valence-corrected chi connectivity index (χ1v) is 11.6. The molecule has 0 spiro atoms.